The molecule has 0 spiro atoms. The Kier molecular flexibility index (Phi) is 5.11. The monoisotopic (exact) mass is 288 g/mol. The standard InChI is InChI=1S/C16H20N2O3/c1-4-20-15-13(10-17-16(18-15)21-5-2)14(19)12-8-6-11(3)7-9-12/h6-10,14,19H,4-5H2,1-3H3/t14-/m1/s1. The second-order valence-electron chi connectivity index (χ2n) is 4.59. The minimum absolute atomic E-state index is 0.251. The van der Waals surface area contributed by atoms with Gasteiger partial charge in [0.25, 0.3) is 0 Å². The van der Waals surface area contributed by atoms with E-state index >= 15 is 0 Å². The molecule has 0 aliphatic heterocycles. The zero-order chi connectivity index (χ0) is 15.2. The lowest BCUT2D eigenvalue weighted by Crippen LogP contribution is -2.08. The lowest BCUT2D eigenvalue weighted by atomic mass is 10.0. The Hall–Kier alpha value is -2.14. The van der Waals surface area contributed by atoms with Crippen LogP contribution in [0, 0.1) is 6.92 Å². The second kappa shape index (κ2) is 7.04. The van der Waals surface area contributed by atoms with E-state index in [-0.39, 0.29) is 6.01 Å². The normalized spacial score (nSPS) is 12.0. The molecule has 2 rings (SSSR count). The molecule has 2 aromatic rings. The van der Waals surface area contributed by atoms with Crippen LogP contribution in [-0.2, 0) is 0 Å². The van der Waals surface area contributed by atoms with Crippen LogP contribution in [0.2, 0.25) is 0 Å². The zero-order valence-electron chi connectivity index (χ0n) is 12.5. The third-order valence-corrected chi connectivity index (χ3v) is 3.00. The molecule has 0 aliphatic rings. The minimum Gasteiger partial charge on any atom is -0.478 e. The number of rotatable bonds is 6. The molecule has 0 radical (unpaired) electrons. The van der Waals surface area contributed by atoms with Gasteiger partial charge in [0.2, 0.25) is 5.88 Å². The average molecular weight is 288 g/mol. The largest absolute Gasteiger partial charge is 0.478 e. The molecule has 21 heavy (non-hydrogen) atoms. The average Bonchev–Trinajstić information content (AvgIpc) is 2.48. The molecule has 1 heterocycles. The van der Waals surface area contributed by atoms with E-state index in [9.17, 15) is 5.11 Å². The van der Waals surface area contributed by atoms with Crippen molar-refractivity contribution >= 4 is 0 Å². The van der Waals surface area contributed by atoms with Crippen LogP contribution in [0.1, 0.15) is 36.6 Å². The van der Waals surface area contributed by atoms with Crippen LogP contribution in [0.15, 0.2) is 30.5 Å². The Morgan fingerprint density at radius 2 is 1.76 bits per heavy atom. The third kappa shape index (κ3) is 3.70. The van der Waals surface area contributed by atoms with Gasteiger partial charge >= 0.3 is 6.01 Å². The van der Waals surface area contributed by atoms with Crippen molar-refractivity contribution in [3.05, 3.63) is 47.2 Å². The molecule has 1 aromatic carbocycles. The zero-order valence-corrected chi connectivity index (χ0v) is 12.5. The molecule has 0 amide bonds. The summed E-state index contributed by atoms with van der Waals surface area (Å²) in [4.78, 5) is 8.30. The smallest absolute Gasteiger partial charge is 0.319 e. The molecule has 1 aromatic heterocycles. The minimum atomic E-state index is -0.831. The van der Waals surface area contributed by atoms with Crippen LogP contribution in [0.3, 0.4) is 0 Å². The van der Waals surface area contributed by atoms with E-state index in [1.54, 1.807) is 6.20 Å². The van der Waals surface area contributed by atoms with Gasteiger partial charge in [-0.3, -0.25) is 0 Å². The maximum atomic E-state index is 10.5. The van der Waals surface area contributed by atoms with Gasteiger partial charge in [0.05, 0.1) is 18.8 Å². The Balaban J connectivity index is 2.34. The third-order valence-electron chi connectivity index (χ3n) is 3.00. The molecule has 0 saturated heterocycles. The molecule has 112 valence electrons. The fourth-order valence-corrected chi connectivity index (χ4v) is 1.93. The first-order valence-corrected chi connectivity index (χ1v) is 7.02. The van der Waals surface area contributed by atoms with Crippen LogP contribution >= 0.6 is 0 Å². The van der Waals surface area contributed by atoms with Gasteiger partial charge in [-0.2, -0.15) is 4.98 Å². The Morgan fingerprint density at radius 3 is 2.38 bits per heavy atom. The molecule has 0 unspecified atom stereocenters. The first-order valence-electron chi connectivity index (χ1n) is 7.02. The van der Waals surface area contributed by atoms with E-state index in [0.29, 0.717) is 24.7 Å². The molecule has 0 fully saturated rings. The second-order valence-corrected chi connectivity index (χ2v) is 4.59. The van der Waals surface area contributed by atoms with E-state index < -0.39 is 6.10 Å². The molecule has 0 bridgehead atoms. The topological polar surface area (TPSA) is 64.5 Å². The summed E-state index contributed by atoms with van der Waals surface area (Å²) in [6.07, 6.45) is 0.718. The lowest BCUT2D eigenvalue weighted by Gasteiger charge is -2.15. The van der Waals surface area contributed by atoms with Crippen molar-refractivity contribution in [2.75, 3.05) is 13.2 Å². The van der Waals surface area contributed by atoms with Crippen LogP contribution in [0.5, 0.6) is 11.9 Å². The van der Waals surface area contributed by atoms with Crippen LogP contribution in [-0.4, -0.2) is 28.3 Å². The Labute approximate surface area is 124 Å². The molecule has 0 saturated carbocycles. The highest BCUT2D eigenvalue weighted by molar-refractivity contribution is 5.36. The van der Waals surface area contributed by atoms with Crippen molar-refractivity contribution in [2.45, 2.75) is 26.9 Å². The number of ether oxygens (including phenoxy) is 2. The van der Waals surface area contributed by atoms with Crippen molar-refractivity contribution < 1.29 is 14.6 Å². The van der Waals surface area contributed by atoms with E-state index in [1.807, 2.05) is 45.0 Å². The fourth-order valence-electron chi connectivity index (χ4n) is 1.93. The summed E-state index contributed by atoms with van der Waals surface area (Å²) in [5.74, 6) is 0.351. The van der Waals surface area contributed by atoms with Gasteiger partial charge in [-0.25, -0.2) is 4.98 Å². The summed E-state index contributed by atoms with van der Waals surface area (Å²) in [5.41, 5.74) is 2.44. The molecule has 1 atom stereocenters. The highest BCUT2D eigenvalue weighted by Crippen LogP contribution is 2.29. The number of hydrogen-bond donors (Lipinski definition) is 1. The summed E-state index contributed by atoms with van der Waals surface area (Å²) in [5, 5.41) is 10.5. The quantitative estimate of drug-likeness (QED) is 0.885. The van der Waals surface area contributed by atoms with Gasteiger partial charge in [0.1, 0.15) is 6.10 Å². The van der Waals surface area contributed by atoms with Crippen molar-refractivity contribution in [1.82, 2.24) is 9.97 Å². The predicted molar refractivity (Wildman–Crippen MR) is 79.6 cm³/mol. The number of aliphatic hydroxyl groups is 1. The number of hydrogen-bond acceptors (Lipinski definition) is 5. The molecular formula is C16H20N2O3. The van der Waals surface area contributed by atoms with E-state index in [1.165, 1.54) is 0 Å². The van der Waals surface area contributed by atoms with Gasteiger partial charge in [-0.15, -0.1) is 0 Å². The number of aromatic nitrogens is 2. The van der Waals surface area contributed by atoms with Gasteiger partial charge < -0.3 is 14.6 Å². The predicted octanol–water partition coefficient (Wildman–Crippen LogP) is 2.66. The van der Waals surface area contributed by atoms with E-state index in [4.69, 9.17) is 9.47 Å². The summed E-state index contributed by atoms with van der Waals surface area (Å²) < 4.78 is 10.8. The molecule has 5 nitrogen and oxygen atoms in total. The van der Waals surface area contributed by atoms with Crippen LogP contribution in [0.25, 0.3) is 0 Å². The molecule has 0 aliphatic carbocycles. The lowest BCUT2D eigenvalue weighted by molar-refractivity contribution is 0.207. The van der Waals surface area contributed by atoms with E-state index in [2.05, 4.69) is 9.97 Å². The van der Waals surface area contributed by atoms with Crippen molar-refractivity contribution in [2.24, 2.45) is 0 Å². The summed E-state index contributed by atoms with van der Waals surface area (Å²) in [7, 11) is 0. The van der Waals surface area contributed by atoms with Crippen LogP contribution in [0.4, 0.5) is 0 Å². The first kappa shape index (κ1) is 15.3. The molecule has 1 N–H and O–H groups in total. The summed E-state index contributed by atoms with van der Waals surface area (Å²) in [6.45, 7) is 6.66. The highest BCUT2D eigenvalue weighted by atomic mass is 16.5. The van der Waals surface area contributed by atoms with Gasteiger partial charge in [0.15, 0.2) is 0 Å². The maximum absolute atomic E-state index is 10.5. The van der Waals surface area contributed by atoms with Crippen molar-refractivity contribution in [3.8, 4) is 11.9 Å². The highest BCUT2D eigenvalue weighted by Gasteiger charge is 2.18. The number of aryl methyl sites for hydroxylation is 1. The maximum Gasteiger partial charge on any atom is 0.319 e. The number of benzene rings is 1. The fraction of sp³-hybridized carbons (Fsp3) is 0.375. The van der Waals surface area contributed by atoms with Gasteiger partial charge in [-0.1, -0.05) is 29.8 Å². The molecule has 5 heteroatoms. The molecular weight excluding hydrogens is 268 g/mol. The summed E-state index contributed by atoms with van der Waals surface area (Å²) >= 11 is 0. The van der Waals surface area contributed by atoms with Gasteiger partial charge in [-0.05, 0) is 26.3 Å². The SMILES string of the molecule is CCOc1ncc([C@H](O)c2ccc(C)cc2)c(OCC)n1. The Morgan fingerprint density at radius 1 is 1.10 bits per heavy atom. The van der Waals surface area contributed by atoms with Crippen molar-refractivity contribution in [3.63, 3.8) is 0 Å². The first-order chi connectivity index (χ1) is 10.2. The van der Waals surface area contributed by atoms with E-state index in [0.717, 1.165) is 11.1 Å². The van der Waals surface area contributed by atoms with Gasteiger partial charge in [0, 0.05) is 6.20 Å². The van der Waals surface area contributed by atoms with Crippen LogP contribution < -0.4 is 9.47 Å². The number of aliphatic hydroxyl groups excluding tert-OH is 1. The summed E-state index contributed by atoms with van der Waals surface area (Å²) in [6, 6.07) is 7.92. The Bertz CT molecular complexity index is 585. The van der Waals surface area contributed by atoms with Crippen molar-refractivity contribution in [1.29, 1.82) is 0 Å². The number of nitrogens with zero attached hydrogens (tertiary/aromatic N) is 2.